The standard InChI is InChI=1S/C14H14O2/c1-2-16-14(15)13-10-6-8-11-7-4-3-5-9-12(11)13/h4-10H,2-3H2,1H3. The van der Waals surface area contributed by atoms with Gasteiger partial charge in [0.2, 0.25) is 0 Å². The highest BCUT2D eigenvalue weighted by Gasteiger charge is 2.13. The van der Waals surface area contributed by atoms with E-state index in [-0.39, 0.29) is 5.97 Å². The normalized spacial score (nSPS) is 13.1. The first-order valence-corrected chi connectivity index (χ1v) is 5.46. The molecule has 0 aromatic heterocycles. The summed E-state index contributed by atoms with van der Waals surface area (Å²) in [6.07, 6.45) is 9.05. The van der Waals surface area contributed by atoms with Crippen molar-refractivity contribution in [1.82, 2.24) is 0 Å². The fourth-order valence-corrected chi connectivity index (χ4v) is 1.76. The lowest BCUT2D eigenvalue weighted by molar-refractivity contribution is 0.0526. The largest absolute Gasteiger partial charge is 0.462 e. The van der Waals surface area contributed by atoms with Crippen molar-refractivity contribution in [3.05, 3.63) is 47.0 Å². The summed E-state index contributed by atoms with van der Waals surface area (Å²) in [5, 5.41) is 0. The van der Waals surface area contributed by atoms with Crippen LogP contribution in [0.1, 0.15) is 34.8 Å². The van der Waals surface area contributed by atoms with Gasteiger partial charge >= 0.3 is 5.97 Å². The van der Waals surface area contributed by atoms with Gasteiger partial charge in [0, 0.05) is 0 Å². The van der Waals surface area contributed by atoms with Crippen molar-refractivity contribution in [1.29, 1.82) is 0 Å². The number of hydrogen-bond acceptors (Lipinski definition) is 2. The van der Waals surface area contributed by atoms with Gasteiger partial charge < -0.3 is 4.74 Å². The van der Waals surface area contributed by atoms with Gasteiger partial charge in [-0.3, -0.25) is 0 Å². The third-order valence-electron chi connectivity index (χ3n) is 2.49. The minimum atomic E-state index is -0.251. The van der Waals surface area contributed by atoms with Gasteiger partial charge in [0.05, 0.1) is 12.2 Å². The fraction of sp³-hybridized carbons (Fsp3) is 0.214. The van der Waals surface area contributed by atoms with Crippen LogP contribution in [0.3, 0.4) is 0 Å². The van der Waals surface area contributed by atoms with Crippen molar-refractivity contribution in [2.24, 2.45) is 0 Å². The molecule has 0 spiro atoms. The van der Waals surface area contributed by atoms with Crippen LogP contribution < -0.4 is 0 Å². The second-order valence-electron chi connectivity index (χ2n) is 3.57. The molecule has 0 saturated carbocycles. The molecule has 1 aromatic rings. The zero-order valence-electron chi connectivity index (χ0n) is 9.27. The summed E-state index contributed by atoms with van der Waals surface area (Å²) in [6, 6.07) is 5.69. The second-order valence-corrected chi connectivity index (χ2v) is 3.57. The number of benzene rings is 1. The number of ether oxygens (including phenoxy) is 1. The van der Waals surface area contributed by atoms with Crippen LogP contribution in [0.4, 0.5) is 0 Å². The van der Waals surface area contributed by atoms with Gasteiger partial charge in [-0.2, -0.15) is 0 Å². The highest BCUT2D eigenvalue weighted by atomic mass is 16.5. The third-order valence-corrected chi connectivity index (χ3v) is 2.49. The molecule has 0 radical (unpaired) electrons. The highest BCUT2D eigenvalue weighted by molar-refractivity contribution is 5.95. The van der Waals surface area contributed by atoms with Crippen LogP contribution in [0, 0.1) is 0 Å². The molecule has 0 heterocycles. The lowest BCUT2D eigenvalue weighted by Crippen LogP contribution is -2.07. The summed E-state index contributed by atoms with van der Waals surface area (Å²) in [7, 11) is 0. The molecule has 0 N–H and O–H groups in total. The number of rotatable bonds is 2. The topological polar surface area (TPSA) is 26.3 Å². The van der Waals surface area contributed by atoms with Crippen molar-refractivity contribution in [3.63, 3.8) is 0 Å². The van der Waals surface area contributed by atoms with Crippen LogP contribution in [-0.4, -0.2) is 12.6 Å². The van der Waals surface area contributed by atoms with Crippen molar-refractivity contribution in [2.45, 2.75) is 13.3 Å². The van der Waals surface area contributed by atoms with Crippen LogP contribution in [0.2, 0.25) is 0 Å². The summed E-state index contributed by atoms with van der Waals surface area (Å²) in [6.45, 7) is 2.22. The first kappa shape index (κ1) is 10.7. The molecule has 0 atom stereocenters. The first-order valence-electron chi connectivity index (χ1n) is 5.46. The molecule has 82 valence electrons. The Morgan fingerprint density at radius 3 is 2.94 bits per heavy atom. The summed E-state index contributed by atoms with van der Waals surface area (Å²) < 4.78 is 5.04. The summed E-state index contributed by atoms with van der Waals surface area (Å²) in [4.78, 5) is 11.7. The first-order chi connectivity index (χ1) is 7.83. The van der Waals surface area contributed by atoms with Crippen molar-refractivity contribution < 1.29 is 9.53 Å². The van der Waals surface area contributed by atoms with E-state index in [2.05, 4.69) is 6.08 Å². The molecule has 0 fully saturated rings. The van der Waals surface area contributed by atoms with E-state index in [1.54, 1.807) is 6.07 Å². The molecule has 16 heavy (non-hydrogen) atoms. The van der Waals surface area contributed by atoms with Crippen molar-refractivity contribution in [2.75, 3.05) is 6.61 Å². The molecule has 0 amide bonds. The number of hydrogen-bond donors (Lipinski definition) is 0. The molecule has 0 aliphatic heterocycles. The average Bonchev–Trinajstić information content (AvgIpc) is 2.53. The SMILES string of the molecule is CCOC(=O)c1cccc2c1C=CCC=C2. The second kappa shape index (κ2) is 4.79. The van der Waals surface area contributed by atoms with Gasteiger partial charge in [-0.05, 0) is 30.5 Å². The molecular weight excluding hydrogens is 200 g/mol. The van der Waals surface area contributed by atoms with Crippen LogP contribution in [0.5, 0.6) is 0 Å². The fourth-order valence-electron chi connectivity index (χ4n) is 1.76. The summed E-state index contributed by atoms with van der Waals surface area (Å²) in [5.41, 5.74) is 2.66. The Labute approximate surface area is 95.2 Å². The lowest BCUT2D eigenvalue weighted by atomic mass is 10.0. The summed E-state index contributed by atoms with van der Waals surface area (Å²) in [5.74, 6) is -0.251. The van der Waals surface area contributed by atoms with Crippen LogP contribution in [0.15, 0.2) is 30.4 Å². The Bertz CT molecular complexity index is 456. The van der Waals surface area contributed by atoms with E-state index in [1.807, 2.05) is 37.3 Å². The molecule has 1 aliphatic carbocycles. The Kier molecular flexibility index (Phi) is 3.20. The third kappa shape index (κ3) is 2.06. The molecule has 1 aliphatic rings. The van der Waals surface area contributed by atoms with E-state index in [9.17, 15) is 4.79 Å². The molecule has 2 nitrogen and oxygen atoms in total. The molecule has 2 heteroatoms. The van der Waals surface area contributed by atoms with E-state index >= 15 is 0 Å². The minimum absolute atomic E-state index is 0.251. The molecule has 0 saturated heterocycles. The lowest BCUT2D eigenvalue weighted by Gasteiger charge is -2.07. The predicted molar refractivity (Wildman–Crippen MR) is 65.1 cm³/mol. The van der Waals surface area contributed by atoms with E-state index in [0.717, 1.165) is 17.5 Å². The van der Waals surface area contributed by atoms with Gasteiger partial charge in [-0.25, -0.2) is 4.79 Å². The maximum absolute atomic E-state index is 11.7. The maximum Gasteiger partial charge on any atom is 0.338 e. The minimum Gasteiger partial charge on any atom is -0.462 e. The van der Waals surface area contributed by atoms with Gasteiger partial charge in [0.1, 0.15) is 0 Å². The number of esters is 1. The van der Waals surface area contributed by atoms with Crippen LogP contribution in [-0.2, 0) is 4.74 Å². The van der Waals surface area contributed by atoms with Gasteiger partial charge in [-0.15, -0.1) is 0 Å². The van der Waals surface area contributed by atoms with E-state index in [0.29, 0.717) is 12.2 Å². The predicted octanol–water partition coefficient (Wildman–Crippen LogP) is 3.29. The van der Waals surface area contributed by atoms with Crippen molar-refractivity contribution in [3.8, 4) is 0 Å². The Morgan fingerprint density at radius 2 is 2.12 bits per heavy atom. The van der Waals surface area contributed by atoms with Gasteiger partial charge in [0.15, 0.2) is 0 Å². The monoisotopic (exact) mass is 214 g/mol. The molecule has 1 aromatic carbocycles. The maximum atomic E-state index is 11.7. The number of allylic oxidation sites excluding steroid dienone is 2. The van der Waals surface area contributed by atoms with Gasteiger partial charge in [0.25, 0.3) is 0 Å². The smallest absolute Gasteiger partial charge is 0.338 e. The number of carbonyl (C=O) groups is 1. The molecule has 0 unspecified atom stereocenters. The van der Waals surface area contributed by atoms with Crippen molar-refractivity contribution >= 4 is 18.1 Å². The Balaban J connectivity index is 2.47. The van der Waals surface area contributed by atoms with Crippen LogP contribution >= 0.6 is 0 Å². The van der Waals surface area contributed by atoms with E-state index in [4.69, 9.17) is 4.74 Å². The highest BCUT2D eigenvalue weighted by Crippen LogP contribution is 2.22. The van der Waals surface area contributed by atoms with Crippen LogP contribution in [0.25, 0.3) is 12.2 Å². The van der Waals surface area contributed by atoms with E-state index in [1.165, 1.54) is 0 Å². The van der Waals surface area contributed by atoms with E-state index < -0.39 is 0 Å². The quantitative estimate of drug-likeness (QED) is 0.706. The number of fused-ring (bicyclic) bond motifs is 1. The molecule has 2 rings (SSSR count). The average molecular weight is 214 g/mol. The molecule has 0 bridgehead atoms. The zero-order chi connectivity index (χ0) is 11.4. The van der Waals surface area contributed by atoms with Gasteiger partial charge in [-0.1, -0.05) is 36.4 Å². The Hall–Kier alpha value is -1.83. The number of carbonyl (C=O) groups excluding carboxylic acids is 1. The summed E-state index contributed by atoms with van der Waals surface area (Å²) >= 11 is 0. The molecular formula is C14H14O2. The zero-order valence-corrected chi connectivity index (χ0v) is 9.27. The Morgan fingerprint density at radius 1 is 1.31 bits per heavy atom.